The lowest BCUT2D eigenvalue weighted by Gasteiger charge is -2.15. The molecule has 0 aliphatic carbocycles. The third-order valence-corrected chi connectivity index (χ3v) is 1.98. The summed E-state index contributed by atoms with van der Waals surface area (Å²) in [4.78, 5) is 12.3. The van der Waals surface area contributed by atoms with Crippen molar-refractivity contribution in [3.63, 3.8) is 0 Å². The van der Waals surface area contributed by atoms with Gasteiger partial charge in [0.15, 0.2) is 5.78 Å². The molecule has 0 saturated heterocycles. The number of aliphatic hydroxyl groups is 1. The molecule has 0 atom stereocenters. The summed E-state index contributed by atoms with van der Waals surface area (Å²) in [7, 11) is 0. The molecular weight excluding hydrogens is 184 g/mol. The van der Waals surface area contributed by atoms with Crippen molar-refractivity contribution in [2.45, 2.75) is 24.3 Å². The van der Waals surface area contributed by atoms with Crippen LogP contribution in [0.4, 0.5) is 0 Å². The van der Waals surface area contributed by atoms with E-state index in [0.29, 0.717) is 5.56 Å². The quantitative estimate of drug-likeness (QED) is 0.560. The summed E-state index contributed by atoms with van der Waals surface area (Å²) < 4.78 is 0. The highest BCUT2D eigenvalue weighted by Crippen LogP contribution is 2.14. The van der Waals surface area contributed by atoms with Crippen LogP contribution in [0.3, 0.4) is 0 Å². The van der Waals surface area contributed by atoms with Crippen LogP contribution in [0.1, 0.15) is 24.2 Å². The fraction of sp³-hybridized carbons (Fsp3) is 0.300. The molecule has 0 fully saturated rings. The number of thiol groups is 1. The fourth-order valence-electron chi connectivity index (χ4n) is 0.966. The second-order valence-corrected chi connectivity index (χ2v) is 3.95. The van der Waals surface area contributed by atoms with E-state index < -0.39 is 5.60 Å². The van der Waals surface area contributed by atoms with E-state index in [0.717, 1.165) is 4.90 Å². The van der Waals surface area contributed by atoms with Gasteiger partial charge in [0.1, 0.15) is 5.60 Å². The highest BCUT2D eigenvalue weighted by atomic mass is 32.1. The molecule has 1 N–H and O–H groups in total. The van der Waals surface area contributed by atoms with Crippen molar-refractivity contribution in [3.8, 4) is 0 Å². The summed E-state index contributed by atoms with van der Waals surface area (Å²) in [5.74, 6) is -0.277. The number of benzene rings is 1. The lowest BCUT2D eigenvalue weighted by molar-refractivity contribution is 0.0488. The Balaban J connectivity index is 2.97. The Hall–Kier alpha value is -0.800. The second-order valence-electron chi connectivity index (χ2n) is 3.44. The number of carbonyl (C=O) groups excluding carboxylic acids is 1. The molecule has 0 unspecified atom stereocenters. The number of ketones is 1. The van der Waals surface area contributed by atoms with Crippen molar-refractivity contribution < 1.29 is 9.90 Å². The normalized spacial score (nSPS) is 11.4. The van der Waals surface area contributed by atoms with Crippen molar-refractivity contribution >= 4 is 18.4 Å². The molecule has 0 saturated carbocycles. The molecule has 0 amide bonds. The summed E-state index contributed by atoms with van der Waals surface area (Å²) in [6, 6.07) is 6.76. The van der Waals surface area contributed by atoms with E-state index in [9.17, 15) is 9.90 Å². The average Bonchev–Trinajstić information content (AvgIpc) is 2.03. The molecule has 3 heteroatoms. The van der Waals surface area contributed by atoms with Crippen LogP contribution in [0.2, 0.25) is 0 Å². The van der Waals surface area contributed by atoms with Crippen LogP contribution < -0.4 is 0 Å². The van der Waals surface area contributed by atoms with Gasteiger partial charge < -0.3 is 5.11 Å². The third kappa shape index (κ3) is 2.57. The first-order chi connectivity index (χ1) is 5.91. The van der Waals surface area contributed by atoms with Crippen LogP contribution in [0, 0.1) is 0 Å². The van der Waals surface area contributed by atoms with Crippen molar-refractivity contribution in [2.75, 3.05) is 0 Å². The van der Waals surface area contributed by atoms with Crippen LogP contribution in [0.5, 0.6) is 0 Å². The SMILES string of the molecule is CC(C)(O)C(=O)c1ccc(S)cc1. The third-order valence-electron chi connectivity index (χ3n) is 1.69. The highest BCUT2D eigenvalue weighted by Gasteiger charge is 2.24. The Morgan fingerprint density at radius 3 is 2.15 bits per heavy atom. The lowest BCUT2D eigenvalue weighted by Crippen LogP contribution is -2.30. The average molecular weight is 196 g/mol. The zero-order valence-corrected chi connectivity index (χ0v) is 8.51. The lowest BCUT2D eigenvalue weighted by atomic mass is 9.97. The van der Waals surface area contributed by atoms with Gasteiger partial charge in [-0.05, 0) is 26.0 Å². The summed E-state index contributed by atoms with van der Waals surface area (Å²) in [6.45, 7) is 2.95. The van der Waals surface area contributed by atoms with E-state index in [1.54, 1.807) is 24.3 Å². The monoisotopic (exact) mass is 196 g/mol. The van der Waals surface area contributed by atoms with E-state index in [-0.39, 0.29) is 5.78 Å². The molecule has 0 heterocycles. The van der Waals surface area contributed by atoms with Crippen LogP contribution >= 0.6 is 12.6 Å². The molecule has 70 valence electrons. The molecule has 2 nitrogen and oxygen atoms in total. The Morgan fingerprint density at radius 1 is 1.31 bits per heavy atom. The first-order valence-corrected chi connectivity index (χ1v) is 4.42. The van der Waals surface area contributed by atoms with Crippen LogP contribution in [-0.4, -0.2) is 16.5 Å². The predicted octanol–water partition coefficient (Wildman–Crippen LogP) is 1.93. The molecule has 1 aromatic carbocycles. The van der Waals surface area contributed by atoms with Gasteiger partial charge >= 0.3 is 0 Å². The molecule has 0 aliphatic rings. The molecule has 0 spiro atoms. The summed E-state index contributed by atoms with van der Waals surface area (Å²) in [5.41, 5.74) is -0.803. The fourth-order valence-corrected chi connectivity index (χ4v) is 1.12. The van der Waals surface area contributed by atoms with Gasteiger partial charge in [0.05, 0.1) is 0 Å². The first kappa shape index (κ1) is 10.3. The van der Waals surface area contributed by atoms with Gasteiger partial charge in [0, 0.05) is 10.5 Å². The van der Waals surface area contributed by atoms with Gasteiger partial charge in [-0.15, -0.1) is 12.6 Å². The van der Waals surface area contributed by atoms with Crippen molar-refractivity contribution in [2.24, 2.45) is 0 Å². The second kappa shape index (κ2) is 3.52. The van der Waals surface area contributed by atoms with Gasteiger partial charge in [-0.2, -0.15) is 0 Å². The topological polar surface area (TPSA) is 37.3 Å². The maximum Gasteiger partial charge on any atom is 0.193 e. The van der Waals surface area contributed by atoms with E-state index in [1.807, 2.05) is 0 Å². The number of hydrogen-bond donors (Lipinski definition) is 2. The van der Waals surface area contributed by atoms with E-state index in [1.165, 1.54) is 13.8 Å². The Morgan fingerprint density at radius 2 is 1.77 bits per heavy atom. The molecule has 0 bridgehead atoms. The molecule has 1 aromatic rings. The van der Waals surface area contributed by atoms with E-state index >= 15 is 0 Å². The molecule has 0 radical (unpaired) electrons. The zero-order chi connectivity index (χ0) is 10.1. The van der Waals surface area contributed by atoms with E-state index in [2.05, 4.69) is 12.6 Å². The zero-order valence-electron chi connectivity index (χ0n) is 7.61. The van der Waals surface area contributed by atoms with Gasteiger partial charge in [-0.25, -0.2) is 0 Å². The predicted molar refractivity (Wildman–Crippen MR) is 54.3 cm³/mol. The minimum absolute atomic E-state index is 0.277. The molecule has 1 rings (SSSR count). The maximum absolute atomic E-state index is 11.5. The van der Waals surface area contributed by atoms with Crippen LogP contribution in [-0.2, 0) is 0 Å². The smallest absolute Gasteiger partial charge is 0.193 e. The Labute approximate surface area is 83.0 Å². The largest absolute Gasteiger partial charge is 0.382 e. The summed E-state index contributed by atoms with van der Waals surface area (Å²) >= 11 is 4.10. The number of rotatable bonds is 2. The maximum atomic E-state index is 11.5. The standard InChI is InChI=1S/C10H12O2S/c1-10(2,12)9(11)7-3-5-8(13)6-4-7/h3-6,12-13H,1-2H3. The Kier molecular flexibility index (Phi) is 2.78. The van der Waals surface area contributed by atoms with Gasteiger partial charge in [0.2, 0.25) is 0 Å². The van der Waals surface area contributed by atoms with Crippen molar-refractivity contribution in [1.29, 1.82) is 0 Å². The van der Waals surface area contributed by atoms with Gasteiger partial charge in [-0.3, -0.25) is 4.79 Å². The molecule has 0 aromatic heterocycles. The number of carbonyl (C=O) groups is 1. The number of Topliss-reactive ketones (excluding diaryl/α,β-unsaturated/α-hetero) is 1. The minimum atomic E-state index is -1.31. The summed E-state index contributed by atoms with van der Waals surface area (Å²) in [6.07, 6.45) is 0. The van der Waals surface area contributed by atoms with E-state index in [4.69, 9.17) is 0 Å². The van der Waals surface area contributed by atoms with Gasteiger partial charge in [-0.1, -0.05) is 12.1 Å². The summed E-state index contributed by atoms with van der Waals surface area (Å²) in [5, 5.41) is 9.44. The number of hydrogen-bond acceptors (Lipinski definition) is 3. The van der Waals surface area contributed by atoms with Crippen LogP contribution in [0.25, 0.3) is 0 Å². The Bertz CT molecular complexity index is 309. The molecule has 0 aliphatic heterocycles. The van der Waals surface area contributed by atoms with Crippen LogP contribution in [0.15, 0.2) is 29.2 Å². The van der Waals surface area contributed by atoms with Crippen molar-refractivity contribution in [1.82, 2.24) is 0 Å². The highest BCUT2D eigenvalue weighted by molar-refractivity contribution is 7.80. The van der Waals surface area contributed by atoms with Gasteiger partial charge in [0.25, 0.3) is 0 Å². The molecule has 13 heavy (non-hydrogen) atoms. The minimum Gasteiger partial charge on any atom is -0.382 e. The first-order valence-electron chi connectivity index (χ1n) is 3.97. The van der Waals surface area contributed by atoms with Crippen molar-refractivity contribution in [3.05, 3.63) is 29.8 Å². The molecular formula is C10H12O2S.